The minimum Gasteiger partial charge on any atom is -0.494 e. The number of sulfonamides is 1. The van der Waals surface area contributed by atoms with Crippen LogP contribution in [0, 0.1) is 6.92 Å². The predicted octanol–water partition coefficient (Wildman–Crippen LogP) is 2.69. The summed E-state index contributed by atoms with van der Waals surface area (Å²) in [6, 6.07) is 13.1. The van der Waals surface area contributed by atoms with Crippen molar-refractivity contribution in [3.8, 4) is 5.75 Å². The second-order valence-corrected chi connectivity index (χ2v) is 9.38. The lowest BCUT2D eigenvalue weighted by molar-refractivity contribution is -0.122. The molecule has 0 aliphatic heterocycles. The van der Waals surface area contributed by atoms with Crippen molar-refractivity contribution in [1.29, 1.82) is 0 Å². The van der Waals surface area contributed by atoms with E-state index in [9.17, 15) is 13.2 Å². The highest BCUT2D eigenvalue weighted by Gasteiger charge is 2.26. The Balaban J connectivity index is 1.71. The monoisotopic (exact) mass is 470 g/mol. The number of benzene rings is 2. The Morgan fingerprint density at radius 2 is 1.97 bits per heavy atom. The molecule has 3 aromatic rings. The maximum absolute atomic E-state index is 13.1. The first-order chi connectivity index (χ1) is 15.9. The molecule has 9 heteroatoms. The third-order valence-corrected chi connectivity index (χ3v) is 6.57. The predicted molar refractivity (Wildman–Crippen MR) is 126 cm³/mol. The molecule has 33 heavy (non-hydrogen) atoms. The van der Waals surface area contributed by atoms with Gasteiger partial charge in [0, 0.05) is 25.5 Å². The number of nitrogens with one attached hydrogen (secondary N) is 2. The molecular formula is C24H30N4O4S. The van der Waals surface area contributed by atoms with Crippen LogP contribution in [0.5, 0.6) is 5.75 Å². The fourth-order valence-corrected chi connectivity index (χ4v) is 4.70. The van der Waals surface area contributed by atoms with Crippen LogP contribution in [0.15, 0.2) is 72.1 Å². The van der Waals surface area contributed by atoms with Gasteiger partial charge < -0.3 is 14.6 Å². The molecule has 0 radical (unpaired) electrons. The molecule has 0 aliphatic rings. The number of hydrogen-bond donors (Lipinski definition) is 2. The van der Waals surface area contributed by atoms with E-state index < -0.39 is 16.1 Å². The molecule has 0 saturated heterocycles. The zero-order chi connectivity index (χ0) is 23.7. The van der Waals surface area contributed by atoms with Crippen molar-refractivity contribution in [2.24, 2.45) is 0 Å². The first-order valence-electron chi connectivity index (χ1n) is 10.9. The van der Waals surface area contributed by atoms with Crippen LogP contribution in [0.2, 0.25) is 0 Å². The van der Waals surface area contributed by atoms with Crippen LogP contribution >= 0.6 is 0 Å². The van der Waals surface area contributed by atoms with Gasteiger partial charge in [0.1, 0.15) is 11.8 Å². The summed E-state index contributed by atoms with van der Waals surface area (Å²) in [5.74, 6) is 0.267. The highest BCUT2D eigenvalue weighted by molar-refractivity contribution is 7.89. The third kappa shape index (κ3) is 7.16. The summed E-state index contributed by atoms with van der Waals surface area (Å²) in [6.07, 6.45) is 6.21. The average Bonchev–Trinajstić information content (AvgIpc) is 3.32. The summed E-state index contributed by atoms with van der Waals surface area (Å²) in [5, 5.41) is 2.86. The van der Waals surface area contributed by atoms with Crippen LogP contribution in [0.3, 0.4) is 0 Å². The molecule has 1 amide bonds. The Labute approximate surface area is 195 Å². The number of nitrogens with zero attached hydrogens (tertiary/aromatic N) is 2. The summed E-state index contributed by atoms with van der Waals surface area (Å²) >= 11 is 0. The van der Waals surface area contributed by atoms with Crippen LogP contribution in [-0.2, 0) is 27.8 Å². The largest absolute Gasteiger partial charge is 0.494 e. The number of aryl methyl sites for hydroxylation is 2. The van der Waals surface area contributed by atoms with Gasteiger partial charge in [0.2, 0.25) is 15.9 Å². The summed E-state index contributed by atoms with van der Waals surface area (Å²) in [6.45, 7) is 5.28. The minimum absolute atomic E-state index is 0.0921. The fraction of sp³-hybridized carbons (Fsp3) is 0.333. The fourth-order valence-electron chi connectivity index (χ4n) is 3.41. The van der Waals surface area contributed by atoms with Gasteiger partial charge in [-0.2, -0.15) is 4.72 Å². The van der Waals surface area contributed by atoms with Gasteiger partial charge in [0.15, 0.2) is 0 Å². The van der Waals surface area contributed by atoms with Gasteiger partial charge in [0.05, 0.1) is 17.8 Å². The number of carbonyl (C=O) groups is 1. The number of carbonyl (C=O) groups excluding carboxylic acids is 1. The maximum atomic E-state index is 13.1. The van der Waals surface area contributed by atoms with Crippen molar-refractivity contribution in [3.63, 3.8) is 0 Å². The average molecular weight is 471 g/mol. The smallest absolute Gasteiger partial charge is 0.241 e. The molecule has 0 fully saturated rings. The van der Waals surface area contributed by atoms with Crippen LogP contribution in [0.25, 0.3) is 0 Å². The number of rotatable bonds is 12. The van der Waals surface area contributed by atoms with Crippen molar-refractivity contribution < 1.29 is 17.9 Å². The van der Waals surface area contributed by atoms with E-state index in [1.54, 1.807) is 31.6 Å². The molecule has 0 aliphatic carbocycles. The number of aromatic nitrogens is 2. The van der Waals surface area contributed by atoms with Crippen LogP contribution in [0.1, 0.15) is 24.5 Å². The number of imidazole rings is 1. The van der Waals surface area contributed by atoms with Crippen LogP contribution in [-0.4, -0.2) is 43.1 Å². The van der Waals surface area contributed by atoms with E-state index in [-0.39, 0.29) is 17.2 Å². The summed E-state index contributed by atoms with van der Waals surface area (Å²) in [7, 11) is -3.92. The number of amides is 1. The van der Waals surface area contributed by atoms with Crippen molar-refractivity contribution in [2.75, 3.05) is 13.2 Å². The van der Waals surface area contributed by atoms with E-state index in [0.717, 1.165) is 5.56 Å². The normalized spacial score (nSPS) is 12.3. The van der Waals surface area contributed by atoms with E-state index in [0.29, 0.717) is 37.4 Å². The highest BCUT2D eigenvalue weighted by Crippen LogP contribution is 2.22. The highest BCUT2D eigenvalue weighted by atomic mass is 32.2. The molecule has 8 nitrogen and oxygen atoms in total. The minimum atomic E-state index is -3.92. The maximum Gasteiger partial charge on any atom is 0.241 e. The van der Waals surface area contributed by atoms with Gasteiger partial charge in [-0.05, 0) is 56.0 Å². The standard InChI is InChI=1S/C24H30N4O4S/c1-3-32-23-11-10-21(16-19(23)2)33(30,31)27-22(17-20-8-5-4-6-9-20)24(29)26-12-7-14-28-15-13-25-18-28/h4-6,8-11,13,15-16,18,22,27H,3,7,12,14,17H2,1-2H3,(H,26,29)/t22-/m0/s1. The lowest BCUT2D eigenvalue weighted by Crippen LogP contribution is -2.48. The van der Waals surface area contributed by atoms with Crippen molar-refractivity contribution in [3.05, 3.63) is 78.4 Å². The van der Waals surface area contributed by atoms with E-state index in [2.05, 4.69) is 15.0 Å². The molecule has 0 saturated carbocycles. The second kappa shape index (κ2) is 11.6. The van der Waals surface area contributed by atoms with E-state index >= 15 is 0 Å². The van der Waals surface area contributed by atoms with Crippen molar-refractivity contribution in [1.82, 2.24) is 19.6 Å². The van der Waals surface area contributed by atoms with Crippen LogP contribution < -0.4 is 14.8 Å². The number of ether oxygens (including phenoxy) is 1. The molecule has 0 spiro atoms. The molecule has 2 N–H and O–H groups in total. The van der Waals surface area contributed by atoms with E-state index in [4.69, 9.17) is 4.74 Å². The summed E-state index contributed by atoms with van der Waals surface area (Å²) in [4.78, 5) is 17.0. The zero-order valence-electron chi connectivity index (χ0n) is 18.9. The van der Waals surface area contributed by atoms with Gasteiger partial charge in [-0.25, -0.2) is 13.4 Å². The Bertz CT molecular complexity index is 1130. The van der Waals surface area contributed by atoms with E-state index in [1.165, 1.54) is 6.07 Å². The topological polar surface area (TPSA) is 102 Å². The van der Waals surface area contributed by atoms with Gasteiger partial charge in [-0.1, -0.05) is 30.3 Å². The van der Waals surface area contributed by atoms with E-state index in [1.807, 2.05) is 48.0 Å². The lowest BCUT2D eigenvalue weighted by atomic mass is 10.1. The van der Waals surface area contributed by atoms with Crippen molar-refractivity contribution >= 4 is 15.9 Å². The van der Waals surface area contributed by atoms with Gasteiger partial charge in [-0.15, -0.1) is 0 Å². The summed E-state index contributed by atoms with van der Waals surface area (Å²) in [5.41, 5.74) is 1.57. The molecule has 0 bridgehead atoms. The molecule has 0 unspecified atom stereocenters. The molecule has 3 rings (SSSR count). The first-order valence-corrected chi connectivity index (χ1v) is 12.4. The zero-order valence-corrected chi connectivity index (χ0v) is 19.7. The molecule has 1 heterocycles. The SMILES string of the molecule is CCOc1ccc(S(=O)(=O)N[C@@H](Cc2ccccc2)C(=O)NCCCn2ccnc2)cc1C. The van der Waals surface area contributed by atoms with Gasteiger partial charge in [-0.3, -0.25) is 4.79 Å². The second-order valence-electron chi connectivity index (χ2n) is 7.67. The first kappa shape index (κ1) is 24.5. The number of hydrogen-bond acceptors (Lipinski definition) is 5. The Hall–Kier alpha value is -3.17. The Kier molecular flexibility index (Phi) is 8.62. The molecule has 2 aromatic carbocycles. The lowest BCUT2D eigenvalue weighted by Gasteiger charge is -2.19. The Morgan fingerprint density at radius 1 is 1.18 bits per heavy atom. The Morgan fingerprint density at radius 3 is 2.64 bits per heavy atom. The third-order valence-electron chi connectivity index (χ3n) is 5.10. The quantitative estimate of drug-likeness (QED) is 0.396. The van der Waals surface area contributed by atoms with Crippen LogP contribution in [0.4, 0.5) is 0 Å². The van der Waals surface area contributed by atoms with Gasteiger partial charge in [0.25, 0.3) is 0 Å². The summed E-state index contributed by atoms with van der Waals surface area (Å²) < 4.78 is 36.2. The molecule has 176 valence electrons. The van der Waals surface area contributed by atoms with Gasteiger partial charge >= 0.3 is 0 Å². The molecule has 1 atom stereocenters. The van der Waals surface area contributed by atoms with Crippen molar-refractivity contribution in [2.45, 2.75) is 44.2 Å². The molecule has 1 aromatic heterocycles. The molecular weight excluding hydrogens is 440 g/mol.